The number of rotatable bonds is 2. The first kappa shape index (κ1) is 10.3. The summed E-state index contributed by atoms with van der Waals surface area (Å²) in [5, 5.41) is 7.13. The maximum atomic E-state index is 11.8. The van der Waals surface area contributed by atoms with Crippen molar-refractivity contribution in [1.29, 1.82) is 0 Å². The van der Waals surface area contributed by atoms with Gasteiger partial charge in [-0.1, -0.05) is 0 Å². The Hall–Kier alpha value is -1.20. The van der Waals surface area contributed by atoms with Crippen molar-refractivity contribution >= 4 is 33.7 Å². The van der Waals surface area contributed by atoms with Crippen molar-refractivity contribution < 1.29 is 4.79 Å². The molecule has 2 rings (SSSR count). The molecule has 0 aliphatic carbocycles. The van der Waals surface area contributed by atoms with Crippen LogP contribution >= 0.6 is 22.7 Å². The third kappa shape index (κ3) is 2.08. The van der Waals surface area contributed by atoms with Crippen LogP contribution in [0.3, 0.4) is 0 Å². The molecule has 0 atom stereocenters. The quantitative estimate of drug-likeness (QED) is 0.873. The highest BCUT2D eigenvalue weighted by Crippen LogP contribution is 2.22. The Labute approximate surface area is 95.8 Å². The normalized spacial score (nSPS) is 10.3. The summed E-state index contributed by atoms with van der Waals surface area (Å²) in [6, 6.07) is 0. The van der Waals surface area contributed by atoms with Gasteiger partial charge in [-0.25, -0.2) is 4.98 Å². The second-order valence-electron chi connectivity index (χ2n) is 3.12. The zero-order valence-corrected chi connectivity index (χ0v) is 10.0. The molecule has 15 heavy (non-hydrogen) atoms. The fraction of sp³-hybridized carbons (Fsp3) is 0.200. The van der Waals surface area contributed by atoms with Crippen molar-refractivity contribution in [2.45, 2.75) is 13.8 Å². The van der Waals surface area contributed by atoms with Gasteiger partial charge in [0, 0.05) is 21.8 Å². The standard InChI is InChI=1S/C10H10N2OS2/c1-6-7(2)15-5-8(6)9(13)12-10-11-3-4-14-10/h3-5H,1-2H3,(H,11,12,13). The first-order valence-corrected chi connectivity index (χ1v) is 6.20. The van der Waals surface area contributed by atoms with E-state index in [-0.39, 0.29) is 5.91 Å². The van der Waals surface area contributed by atoms with Crippen LogP contribution in [0.1, 0.15) is 20.8 Å². The number of thiophene rings is 1. The largest absolute Gasteiger partial charge is 0.298 e. The molecule has 5 heteroatoms. The number of carbonyl (C=O) groups excluding carboxylic acids is 1. The van der Waals surface area contributed by atoms with Crippen LogP contribution in [-0.4, -0.2) is 10.9 Å². The highest BCUT2D eigenvalue weighted by atomic mass is 32.1. The van der Waals surface area contributed by atoms with Gasteiger partial charge >= 0.3 is 0 Å². The van der Waals surface area contributed by atoms with Gasteiger partial charge in [0.2, 0.25) is 0 Å². The van der Waals surface area contributed by atoms with Crippen LogP contribution in [0, 0.1) is 13.8 Å². The van der Waals surface area contributed by atoms with Gasteiger partial charge in [-0.2, -0.15) is 0 Å². The number of nitrogens with zero attached hydrogens (tertiary/aromatic N) is 1. The lowest BCUT2D eigenvalue weighted by atomic mass is 10.2. The summed E-state index contributed by atoms with van der Waals surface area (Å²) >= 11 is 3.01. The molecule has 3 nitrogen and oxygen atoms in total. The van der Waals surface area contributed by atoms with Crippen molar-refractivity contribution in [2.24, 2.45) is 0 Å². The van der Waals surface area contributed by atoms with Crippen LogP contribution in [-0.2, 0) is 0 Å². The summed E-state index contributed by atoms with van der Waals surface area (Å²) in [4.78, 5) is 17.0. The van der Waals surface area contributed by atoms with Gasteiger partial charge in [0.1, 0.15) is 0 Å². The van der Waals surface area contributed by atoms with Crippen molar-refractivity contribution in [2.75, 3.05) is 5.32 Å². The van der Waals surface area contributed by atoms with E-state index in [0.29, 0.717) is 5.13 Å². The molecule has 0 unspecified atom stereocenters. The molecule has 0 radical (unpaired) electrons. The predicted octanol–water partition coefficient (Wildman–Crippen LogP) is 3.07. The van der Waals surface area contributed by atoms with Gasteiger partial charge in [-0.15, -0.1) is 22.7 Å². The molecule has 0 saturated carbocycles. The van der Waals surface area contributed by atoms with Gasteiger partial charge < -0.3 is 0 Å². The van der Waals surface area contributed by atoms with Crippen molar-refractivity contribution in [3.63, 3.8) is 0 Å². The van der Waals surface area contributed by atoms with E-state index in [1.165, 1.54) is 16.2 Å². The molecule has 2 heterocycles. The molecule has 0 bridgehead atoms. The Morgan fingerprint density at radius 3 is 2.73 bits per heavy atom. The summed E-state index contributed by atoms with van der Waals surface area (Å²) in [6.07, 6.45) is 1.67. The molecule has 0 aliphatic rings. The maximum absolute atomic E-state index is 11.8. The molecule has 1 amide bonds. The second-order valence-corrected chi connectivity index (χ2v) is 5.10. The number of anilines is 1. The van der Waals surface area contributed by atoms with E-state index < -0.39 is 0 Å². The lowest BCUT2D eigenvalue weighted by Gasteiger charge is -2.00. The Kier molecular flexibility index (Phi) is 2.83. The molecule has 0 aliphatic heterocycles. The summed E-state index contributed by atoms with van der Waals surface area (Å²) in [5.74, 6) is -0.0770. The van der Waals surface area contributed by atoms with Gasteiger partial charge in [-0.05, 0) is 19.4 Å². The van der Waals surface area contributed by atoms with Crippen LogP contribution in [0.2, 0.25) is 0 Å². The van der Waals surface area contributed by atoms with Crippen molar-refractivity contribution in [1.82, 2.24) is 4.98 Å². The lowest BCUT2D eigenvalue weighted by molar-refractivity contribution is 0.102. The SMILES string of the molecule is Cc1scc(C(=O)Nc2nccs2)c1C. The van der Waals surface area contributed by atoms with Crippen LogP contribution < -0.4 is 5.32 Å². The van der Waals surface area contributed by atoms with E-state index >= 15 is 0 Å². The zero-order chi connectivity index (χ0) is 10.8. The number of amides is 1. The fourth-order valence-corrected chi connectivity index (χ4v) is 2.58. The summed E-state index contributed by atoms with van der Waals surface area (Å²) in [5.41, 5.74) is 1.79. The number of thiazole rings is 1. The van der Waals surface area contributed by atoms with Crippen molar-refractivity contribution in [3.05, 3.63) is 33.0 Å². The molecular weight excluding hydrogens is 228 g/mol. The van der Waals surface area contributed by atoms with Gasteiger partial charge in [0.15, 0.2) is 5.13 Å². The Morgan fingerprint density at radius 1 is 1.40 bits per heavy atom. The number of aromatic nitrogens is 1. The molecular formula is C10H10N2OS2. The molecule has 0 aromatic carbocycles. The highest BCUT2D eigenvalue weighted by Gasteiger charge is 2.13. The van der Waals surface area contributed by atoms with Gasteiger partial charge in [-0.3, -0.25) is 10.1 Å². The molecule has 0 fully saturated rings. The maximum Gasteiger partial charge on any atom is 0.258 e. The van der Waals surface area contributed by atoms with Crippen molar-refractivity contribution in [3.8, 4) is 0 Å². The topological polar surface area (TPSA) is 42.0 Å². The lowest BCUT2D eigenvalue weighted by Crippen LogP contribution is -2.11. The number of hydrogen-bond donors (Lipinski definition) is 1. The minimum atomic E-state index is -0.0770. The molecule has 2 aromatic heterocycles. The first-order chi connectivity index (χ1) is 7.18. The van der Waals surface area contributed by atoms with E-state index in [1.54, 1.807) is 17.5 Å². The monoisotopic (exact) mass is 238 g/mol. The van der Waals surface area contributed by atoms with E-state index in [9.17, 15) is 4.79 Å². The number of aryl methyl sites for hydroxylation is 1. The Balaban J connectivity index is 2.19. The zero-order valence-electron chi connectivity index (χ0n) is 8.40. The molecule has 0 saturated heterocycles. The Morgan fingerprint density at radius 2 is 2.20 bits per heavy atom. The second kappa shape index (κ2) is 4.12. The molecule has 0 spiro atoms. The first-order valence-electron chi connectivity index (χ1n) is 4.44. The average Bonchev–Trinajstić information content (AvgIpc) is 2.79. The van der Waals surface area contributed by atoms with Crippen LogP contribution in [0.4, 0.5) is 5.13 Å². The van der Waals surface area contributed by atoms with Gasteiger partial charge in [0.05, 0.1) is 5.56 Å². The Bertz CT molecular complexity index is 474. The van der Waals surface area contributed by atoms with Crippen LogP contribution in [0.15, 0.2) is 17.0 Å². The summed E-state index contributed by atoms with van der Waals surface area (Å²) in [7, 11) is 0. The van der Waals surface area contributed by atoms with Gasteiger partial charge in [0.25, 0.3) is 5.91 Å². The fourth-order valence-electron chi connectivity index (χ4n) is 1.19. The summed E-state index contributed by atoms with van der Waals surface area (Å²) in [6.45, 7) is 3.97. The third-order valence-corrected chi connectivity index (χ3v) is 3.88. The molecule has 1 N–H and O–H groups in total. The van der Waals surface area contributed by atoms with Crippen LogP contribution in [0.5, 0.6) is 0 Å². The highest BCUT2D eigenvalue weighted by molar-refractivity contribution is 7.13. The smallest absolute Gasteiger partial charge is 0.258 e. The summed E-state index contributed by atoms with van der Waals surface area (Å²) < 4.78 is 0. The number of nitrogens with one attached hydrogen (secondary N) is 1. The van der Waals surface area contributed by atoms with E-state index in [2.05, 4.69) is 10.3 Å². The molecule has 78 valence electrons. The van der Waals surface area contributed by atoms with E-state index in [0.717, 1.165) is 11.1 Å². The van der Waals surface area contributed by atoms with Crippen LogP contribution in [0.25, 0.3) is 0 Å². The predicted molar refractivity (Wildman–Crippen MR) is 63.9 cm³/mol. The third-order valence-electron chi connectivity index (χ3n) is 2.18. The number of carbonyl (C=O) groups is 1. The molecule has 2 aromatic rings. The average molecular weight is 238 g/mol. The minimum Gasteiger partial charge on any atom is -0.298 e. The minimum absolute atomic E-state index is 0.0770. The van der Waals surface area contributed by atoms with E-state index in [1.807, 2.05) is 24.6 Å². The number of hydrogen-bond acceptors (Lipinski definition) is 4. The van der Waals surface area contributed by atoms with E-state index in [4.69, 9.17) is 0 Å².